The lowest BCUT2D eigenvalue weighted by molar-refractivity contribution is -0.136. The van der Waals surface area contributed by atoms with E-state index in [0.717, 1.165) is 12.1 Å². The van der Waals surface area contributed by atoms with Crippen LogP contribution in [-0.4, -0.2) is 64.9 Å². The highest BCUT2D eigenvalue weighted by Crippen LogP contribution is 2.26. The van der Waals surface area contributed by atoms with E-state index in [1.54, 1.807) is 44.2 Å². The highest BCUT2D eigenvalue weighted by molar-refractivity contribution is 6.04. The number of hydrogen-bond acceptors (Lipinski definition) is 6. The number of imide groups is 1. The molecule has 1 aliphatic rings. The Hall–Kier alpha value is -3.30. The lowest BCUT2D eigenvalue weighted by Crippen LogP contribution is -2.52. The number of hydrogen-bond donors (Lipinski definition) is 2. The second kappa shape index (κ2) is 12.7. The van der Waals surface area contributed by atoms with Crippen LogP contribution in [0.3, 0.4) is 0 Å². The summed E-state index contributed by atoms with van der Waals surface area (Å²) in [7, 11) is 1.54. The maximum Gasteiger partial charge on any atom is 0.254 e. The smallest absolute Gasteiger partial charge is 0.254 e. The maximum absolute atomic E-state index is 14.7. The average Bonchev–Trinajstić information content (AvgIpc) is 2.83. The largest absolute Gasteiger partial charge is 0.489 e. The standard InChI is InChI=1S/C30H40FN3O5/c1-19(35)15-34(18-30(3,4)5)16-21-10-11-24(31)22(14-21)17-39-26-9-7-8-23(20(26)2)29(38)33(6)25-12-13-27(36)32-28(25)37/h7-11,14,19,25,35H,12-13,15-18H2,1-6H3,(H,32,36,37). The van der Waals surface area contributed by atoms with Crippen LogP contribution < -0.4 is 10.1 Å². The number of likely N-dealkylation sites (N-methyl/N-ethyl adjacent to an activating group) is 1. The molecule has 0 bridgehead atoms. The van der Waals surface area contributed by atoms with Crippen molar-refractivity contribution in [1.82, 2.24) is 15.1 Å². The van der Waals surface area contributed by atoms with Crippen LogP contribution in [0.25, 0.3) is 0 Å². The number of rotatable bonds is 10. The van der Waals surface area contributed by atoms with Crippen molar-refractivity contribution in [1.29, 1.82) is 0 Å². The molecule has 0 spiro atoms. The molecule has 2 aromatic rings. The van der Waals surface area contributed by atoms with Gasteiger partial charge in [-0.2, -0.15) is 0 Å². The molecule has 1 saturated heterocycles. The van der Waals surface area contributed by atoms with E-state index in [2.05, 4.69) is 31.0 Å². The van der Waals surface area contributed by atoms with E-state index in [1.807, 2.05) is 0 Å². The molecule has 2 unspecified atom stereocenters. The number of aliphatic hydroxyl groups excluding tert-OH is 1. The molecule has 1 fully saturated rings. The fourth-order valence-corrected chi connectivity index (χ4v) is 4.87. The number of nitrogens with one attached hydrogen (secondary N) is 1. The van der Waals surface area contributed by atoms with Gasteiger partial charge in [-0.3, -0.25) is 24.6 Å². The van der Waals surface area contributed by atoms with E-state index in [4.69, 9.17) is 4.74 Å². The van der Waals surface area contributed by atoms with E-state index in [1.165, 1.54) is 18.0 Å². The highest BCUT2D eigenvalue weighted by atomic mass is 19.1. The first-order chi connectivity index (χ1) is 18.2. The SMILES string of the molecule is Cc1c(OCc2cc(CN(CC(C)O)CC(C)(C)C)ccc2F)cccc1C(=O)N(C)C1CCC(=O)NC1=O. The van der Waals surface area contributed by atoms with E-state index in [-0.39, 0.29) is 42.5 Å². The Balaban J connectivity index is 1.73. The maximum atomic E-state index is 14.7. The van der Waals surface area contributed by atoms with Crippen molar-refractivity contribution in [3.05, 3.63) is 64.5 Å². The van der Waals surface area contributed by atoms with Crippen LogP contribution in [0.1, 0.15) is 67.6 Å². The minimum Gasteiger partial charge on any atom is -0.489 e. The van der Waals surface area contributed by atoms with Gasteiger partial charge in [-0.25, -0.2) is 4.39 Å². The first kappa shape index (κ1) is 30.2. The van der Waals surface area contributed by atoms with Crippen LogP contribution in [0.15, 0.2) is 36.4 Å². The molecule has 8 nitrogen and oxygen atoms in total. The molecule has 0 aromatic heterocycles. The van der Waals surface area contributed by atoms with Crippen LogP contribution in [0.5, 0.6) is 5.75 Å². The van der Waals surface area contributed by atoms with Gasteiger partial charge in [0.2, 0.25) is 11.8 Å². The second-order valence-corrected chi connectivity index (χ2v) is 11.6. The predicted octanol–water partition coefficient (Wildman–Crippen LogP) is 3.82. The van der Waals surface area contributed by atoms with Crippen molar-refractivity contribution in [2.24, 2.45) is 5.41 Å². The number of benzene rings is 2. The summed E-state index contributed by atoms with van der Waals surface area (Å²) in [6, 6.07) is 9.25. The van der Waals surface area contributed by atoms with Crippen LogP contribution in [0.4, 0.5) is 4.39 Å². The Labute approximate surface area is 230 Å². The van der Waals surface area contributed by atoms with Gasteiger partial charge >= 0.3 is 0 Å². The Morgan fingerprint density at radius 3 is 2.59 bits per heavy atom. The van der Waals surface area contributed by atoms with Crippen molar-refractivity contribution in [2.75, 3.05) is 20.1 Å². The fourth-order valence-electron chi connectivity index (χ4n) is 4.87. The van der Waals surface area contributed by atoms with Crippen molar-refractivity contribution in [3.63, 3.8) is 0 Å². The minimum absolute atomic E-state index is 0.0309. The summed E-state index contributed by atoms with van der Waals surface area (Å²) in [6.07, 6.45) is -0.0433. The monoisotopic (exact) mass is 541 g/mol. The second-order valence-electron chi connectivity index (χ2n) is 11.6. The van der Waals surface area contributed by atoms with E-state index >= 15 is 0 Å². The molecule has 2 N–H and O–H groups in total. The summed E-state index contributed by atoms with van der Waals surface area (Å²) in [5.74, 6) is -1.15. The fraction of sp³-hybridized carbons (Fsp3) is 0.500. The van der Waals surface area contributed by atoms with Gasteiger partial charge in [-0.05, 0) is 55.5 Å². The van der Waals surface area contributed by atoms with Crippen LogP contribution in [0, 0.1) is 18.2 Å². The molecule has 3 amide bonds. The molecular weight excluding hydrogens is 501 g/mol. The molecule has 2 aromatic carbocycles. The molecule has 2 atom stereocenters. The van der Waals surface area contributed by atoms with Gasteiger partial charge in [0.05, 0.1) is 6.10 Å². The van der Waals surface area contributed by atoms with Gasteiger partial charge in [0.1, 0.15) is 24.2 Å². The van der Waals surface area contributed by atoms with Gasteiger partial charge in [0, 0.05) is 49.8 Å². The summed E-state index contributed by atoms with van der Waals surface area (Å²) in [6.45, 7) is 11.7. The van der Waals surface area contributed by atoms with E-state index < -0.39 is 18.1 Å². The van der Waals surface area contributed by atoms with Crippen LogP contribution in [0.2, 0.25) is 0 Å². The number of piperidine rings is 1. The Bertz CT molecular complexity index is 1210. The Morgan fingerprint density at radius 2 is 1.95 bits per heavy atom. The van der Waals surface area contributed by atoms with E-state index in [9.17, 15) is 23.9 Å². The Kier molecular flexibility index (Phi) is 9.85. The molecule has 0 aliphatic carbocycles. The molecule has 212 valence electrons. The molecule has 3 rings (SSSR count). The topological polar surface area (TPSA) is 99.2 Å². The first-order valence-electron chi connectivity index (χ1n) is 13.3. The number of halogens is 1. The lowest BCUT2D eigenvalue weighted by atomic mass is 9.95. The molecule has 39 heavy (non-hydrogen) atoms. The molecule has 0 radical (unpaired) electrons. The van der Waals surface area contributed by atoms with Gasteiger partial charge in [-0.15, -0.1) is 0 Å². The number of carbonyl (C=O) groups is 3. The molecular formula is C30H40FN3O5. The lowest BCUT2D eigenvalue weighted by Gasteiger charge is -2.31. The van der Waals surface area contributed by atoms with E-state index in [0.29, 0.717) is 35.5 Å². The quantitative estimate of drug-likeness (QED) is 0.444. The van der Waals surface area contributed by atoms with Crippen LogP contribution in [-0.2, 0) is 22.7 Å². The predicted molar refractivity (Wildman–Crippen MR) is 147 cm³/mol. The zero-order valence-corrected chi connectivity index (χ0v) is 23.7. The minimum atomic E-state index is -0.734. The third kappa shape index (κ3) is 8.34. The van der Waals surface area contributed by atoms with Crippen molar-refractivity contribution in [2.45, 2.75) is 72.8 Å². The summed E-state index contributed by atoms with van der Waals surface area (Å²) >= 11 is 0. The summed E-state index contributed by atoms with van der Waals surface area (Å²) < 4.78 is 20.7. The summed E-state index contributed by atoms with van der Waals surface area (Å²) in [4.78, 5) is 40.4. The molecule has 0 saturated carbocycles. The number of ether oxygens (including phenoxy) is 1. The van der Waals surface area contributed by atoms with Gasteiger partial charge < -0.3 is 14.7 Å². The van der Waals surface area contributed by atoms with Crippen molar-refractivity contribution >= 4 is 17.7 Å². The molecule has 9 heteroatoms. The number of nitrogens with zero attached hydrogens (tertiary/aromatic N) is 2. The van der Waals surface area contributed by atoms with Crippen molar-refractivity contribution < 1.29 is 28.6 Å². The third-order valence-electron chi connectivity index (χ3n) is 6.63. The average molecular weight is 542 g/mol. The first-order valence-corrected chi connectivity index (χ1v) is 13.3. The van der Waals surface area contributed by atoms with Gasteiger partial charge in [0.25, 0.3) is 5.91 Å². The molecule has 1 heterocycles. The summed E-state index contributed by atoms with van der Waals surface area (Å²) in [5.41, 5.74) is 2.27. The number of aliphatic hydroxyl groups is 1. The number of carbonyl (C=O) groups excluding carboxylic acids is 3. The zero-order chi connectivity index (χ0) is 28.9. The number of amides is 3. The highest BCUT2D eigenvalue weighted by Gasteiger charge is 2.33. The van der Waals surface area contributed by atoms with Gasteiger partial charge in [0.15, 0.2) is 0 Å². The molecule has 1 aliphatic heterocycles. The van der Waals surface area contributed by atoms with Gasteiger partial charge in [-0.1, -0.05) is 32.9 Å². The third-order valence-corrected chi connectivity index (χ3v) is 6.63. The summed E-state index contributed by atoms with van der Waals surface area (Å²) in [5, 5.41) is 12.2. The van der Waals surface area contributed by atoms with Crippen molar-refractivity contribution in [3.8, 4) is 5.75 Å². The Morgan fingerprint density at radius 1 is 1.23 bits per heavy atom. The zero-order valence-electron chi connectivity index (χ0n) is 23.7. The normalized spacial score (nSPS) is 16.7. The van der Waals surface area contributed by atoms with Crippen LogP contribution >= 0.6 is 0 Å².